The lowest BCUT2D eigenvalue weighted by atomic mass is 10.2. The quantitative estimate of drug-likeness (QED) is 0.313. The topological polar surface area (TPSA) is 98.1 Å². The number of sulfonamides is 1. The fraction of sp³-hybridized carbons (Fsp3) is 0.100. The summed E-state index contributed by atoms with van der Waals surface area (Å²) < 4.78 is 72.0. The molecule has 2 aromatic carbocycles. The van der Waals surface area contributed by atoms with Gasteiger partial charge < -0.3 is 10.1 Å². The highest BCUT2D eigenvalue weighted by Gasteiger charge is 2.34. The molecular formula is C20H15ClF3N5O3S2. The van der Waals surface area contributed by atoms with E-state index in [1.807, 2.05) is 12.1 Å². The molecule has 2 N–H and O–H groups in total. The minimum atomic E-state index is -5.11. The molecule has 0 bridgehead atoms. The number of thiazole rings is 1. The van der Waals surface area contributed by atoms with Crippen LogP contribution in [0.2, 0.25) is 5.02 Å². The predicted octanol–water partition coefficient (Wildman–Crippen LogP) is 5.48. The van der Waals surface area contributed by atoms with E-state index in [1.165, 1.54) is 17.6 Å². The van der Waals surface area contributed by atoms with Crippen molar-refractivity contribution in [2.45, 2.75) is 17.8 Å². The van der Waals surface area contributed by atoms with Crippen LogP contribution in [0.4, 0.5) is 29.8 Å². The summed E-state index contributed by atoms with van der Waals surface area (Å²) in [6.45, 7) is 0.445. The van der Waals surface area contributed by atoms with E-state index in [0.29, 0.717) is 17.4 Å². The third kappa shape index (κ3) is 6.18. The molecular weight excluding hydrogens is 515 g/mol. The average Bonchev–Trinajstić information content (AvgIpc) is 3.40. The van der Waals surface area contributed by atoms with Gasteiger partial charge in [-0.15, -0.1) is 24.5 Å². The fourth-order valence-electron chi connectivity index (χ4n) is 2.90. The van der Waals surface area contributed by atoms with Crippen molar-refractivity contribution in [1.82, 2.24) is 14.8 Å². The van der Waals surface area contributed by atoms with E-state index in [0.717, 1.165) is 29.0 Å². The Bertz CT molecular complexity index is 1380. The molecule has 34 heavy (non-hydrogen) atoms. The van der Waals surface area contributed by atoms with Crippen molar-refractivity contribution in [2.24, 2.45) is 0 Å². The maximum absolute atomic E-state index is 13.0. The van der Waals surface area contributed by atoms with Crippen LogP contribution in [0.15, 0.2) is 71.2 Å². The lowest BCUT2D eigenvalue weighted by molar-refractivity contribution is -0.275. The zero-order chi connectivity index (χ0) is 24.3. The first kappa shape index (κ1) is 23.9. The van der Waals surface area contributed by atoms with Gasteiger partial charge in [0.15, 0.2) is 16.7 Å². The van der Waals surface area contributed by atoms with Crippen LogP contribution < -0.4 is 14.8 Å². The van der Waals surface area contributed by atoms with Crippen LogP contribution in [0.1, 0.15) is 5.56 Å². The van der Waals surface area contributed by atoms with Gasteiger partial charge in [0.1, 0.15) is 4.90 Å². The van der Waals surface area contributed by atoms with E-state index in [-0.39, 0.29) is 10.8 Å². The molecule has 8 nitrogen and oxygen atoms in total. The van der Waals surface area contributed by atoms with Crippen LogP contribution >= 0.6 is 22.9 Å². The number of anilines is 3. The van der Waals surface area contributed by atoms with Crippen LogP contribution in [0, 0.1) is 0 Å². The Labute approximate surface area is 201 Å². The Kier molecular flexibility index (Phi) is 6.68. The van der Waals surface area contributed by atoms with Gasteiger partial charge in [-0.05, 0) is 29.8 Å². The zero-order valence-corrected chi connectivity index (χ0v) is 19.3. The summed E-state index contributed by atoms with van der Waals surface area (Å²) in [6, 6.07) is 12.0. The number of benzene rings is 2. The second kappa shape index (κ2) is 9.52. The Morgan fingerprint density at radius 1 is 1.12 bits per heavy atom. The van der Waals surface area contributed by atoms with Crippen molar-refractivity contribution in [3.63, 3.8) is 0 Å². The van der Waals surface area contributed by atoms with Crippen molar-refractivity contribution in [2.75, 3.05) is 10.0 Å². The van der Waals surface area contributed by atoms with Gasteiger partial charge in [0.25, 0.3) is 10.0 Å². The molecule has 0 spiro atoms. The molecule has 2 heterocycles. The minimum Gasteiger partial charge on any atom is -0.404 e. The lowest BCUT2D eigenvalue weighted by Crippen LogP contribution is -2.21. The maximum Gasteiger partial charge on any atom is 0.573 e. The molecule has 0 aliphatic rings. The Hall–Kier alpha value is -3.29. The van der Waals surface area contributed by atoms with Crippen LogP contribution in [-0.4, -0.2) is 29.5 Å². The SMILES string of the molecule is O=S(=O)(Nc1nccs1)c1ccc(Nc2ccn(Cc3ccc(Cl)cc3)n2)cc1OC(F)(F)F. The summed E-state index contributed by atoms with van der Waals surface area (Å²) >= 11 is 6.86. The summed E-state index contributed by atoms with van der Waals surface area (Å²) in [5, 5.41) is 9.30. The first-order chi connectivity index (χ1) is 16.1. The Morgan fingerprint density at radius 3 is 2.56 bits per heavy atom. The second-order valence-electron chi connectivity index (χ2n) is 6.80. The number of rotatable bonds is 8. The molecule has 14 heteroatoms. The monoisotopic (exact) mass is 529 g/mol. The summed E-state index contributed by atoms with van der Waals surface area (Å²) in [5.74, 6) is -0.564. The largest absolute Gasteiger partial charge is 0.573 e. The smallest absolute Gasteiger partial charge is 0.404 e. The molecule has 0 atom stereocenters. The van der Waals surface area contributed by atoms with E-state index in [4.69, 9.17) is 11.6 Å². The molecule has 2 aromatic heterocycles. The highest BCUT2D eigenvalue weighted by atomic mass is 35.5. The van der Waals surface area contributed by atoms with E-state index >= 15 is 0 Å². The van der Waals surface area contributed by atoms with Gasteiger partial charge in [-0.2, -0.15) is 5.10 Å². The van der Waals surface area contributed by atoms with Gasteiger partial charge in [0.2, 0.25) is 0 Å². The Balaban J connectivity index is 1.56. The van der Waals surface area contributed by atoms with Gasteiger partial charge in [-0.3, -0.25) is 9.40 Å². The predicted molar refractivity (Wildman–Crippen MR) is 122 cm³/mol. The summed E-state index contributed by atoms with van der Waals surface area (Å²) in [6.07, 6.45) is -2.07. The summed E-state index contributed by atoms with van der Waals surface area (Å²) in [5.41, 5.74) is 1.09. The highest BCUT2D eigenvalue weighted by molar-refractivity contribution is 7.93. The molecule has 0 radical (unpaired) electrons. The van der Waals surface area contributed by atoms with Crippen LogP contribution in [-0.2, 0) is 16.6 Å². The molecule has 178 valence electrons. The molecule has 0 aliphatic carbocycles. The summed E-state index contributed by atoms with van der Waals surface area (Å²) in [7, 11) is -4.39. The number of alkyl halides is 3. The molecule has 4 aromatic rings. The third-order valence-corrected chi connectivity index (χ3v) is 6.73. The number of aromatic nitrogens is 3. The molecule has 0 fully saturated rings. The number of nitrogens with zero attached hydrogens (tertiary/aromatic N) is 3. The van der Waals surface area contributed by atoms with Crippen molar-refractivity contribution >= 4 is 49.6 Å². The Morgan fingerprint density at radius 2 is 1.88 bits per heavy atom. The van der Waals surface area contributed by atoms with Crippen molar-refractivity contribution in [3.8, 4) is 5.75 Å². The number of ether oxygens (including phenoxy) is 1. The van der Waals surface area contributed by atoms with Crippen LogP contribution in [0.5, 0.6) is 5.75 Å². The first-order valence-electron chi connectivity index (χ1n) is 9.44. The third-order valence-electron chi connectivity index (χ3n) is 4.28. The molecule has 0 aliphatic heterocycles. The van der Waals surface area contributed by atoms with E-state index < -0.39 is 27.0 Å². The fourth-order valence-corrected chi connectivity index (χ4v) is 4.92. The van der Waals surface area contributed by atoms with Gasteiger partial charge >= 0.3 is 6.36 Å². The van der Waals surface area contributed by atoms with Crippen molar-refractivity contribution < 1.29 is 26.3 Å². The molecule has 0 saturated heterocycles. The normalized spacial score (nSPS) is 11.9. The lowest BCUT2D eigenvalue weighted by Gasteiger charge is -2.15. The van der Waals surface area contributed by atoms with E-state index in [1.54, 1.807) is 29.1 Å². The summed E-state index contributed by atoms with van der Waals surface area (Å²) in [4.78, 5) is 3.08. The number of halogens is 4. The average molecular weight is 530 g/mol. The second-order valence-corrected chi connectivity index (χ2v) is 9.78. The van der Waals surface area contributed by atoms with Gasteiger partial charge in [0, 0.05) is 40.6 Å². The minimum absolute atomic E-state index is 0.00591. The first-order valence-corrected chi connectivity index (χ1v) is 12.2. The molecule has 0 saturated carbocycles. The van der Waals surface area contributed by atoms with Gasteiger partial charge in [-0.1, -0.05) is 23.7 Å². The molecule has 4 rings (SSSR count). The number of hydrogen-bond acceptors (Lipinski definition) is 7. The standard InChI is InChI=1S/C20H15ClF3N5O3S2/c21-14-3-1-13(2-4-14)12-29-9-7-18(27-29)26-15-5-6-17(16(11-15)32-20(22,23)24)34(30,31)28-19-25-8-10-33-19/h1-11H,12H2,(H,25,28)(H,26,27). The highest BCUT2D eigenvalue weighted by Crippen LogP contribution is 2.34. The zero-order valence-electron chi connectivity index (χ0n) is 17.0. The van der Waals surface area contributed by atoms with E-state index in [2.05, 4.69) is 24.9 Å². The van der Waals surface area contributed by atoms with E-state index in [9.17, 15) is 21.6 Å². The maximum atomic E-state index is 13.0. The number of hydrogen-bond donors (Lipinski definition) is 2. The van der Waals surface area contributed by atoms with Crippen LogP contribution in [0.25, 0.3) is 0 Å². The van der Waals surface area contributed by atoms with Crippen molar-refractivity contribution in [3.05, 3.63) is 76.9 Å². The molecule has 0 amide bonds. The van der Waals surface area contributed by atoms with Crippen LogP contribution in [0.3, 0.4) is 0 Å². The molecule has 0 unspecified atom stereocenters. The van der Waals surface area contributed by atoms with Gasteiger partial charge in [0.05, 0.1) is 6.54 Å². The van der Waals surface area contributed by atoms with Crippen molar-refractivity contribution in [1.29, 1.82) is 0 Å². The number of nitrogens with one attached hydrogen (secondary N) is 2. The van der Waals surface area contributed by atoms with Gasteiger partial charge in [-0.25, -0.2) is 13.4 Å².